The van der Waals surface area contributed by atoms with Crippen molar-refractivity contribution in [3.8, 4) is 5.75 Å². The van der Waals surface area contributed by atoms with Gasteiger partial charge in [0.1, 0.15) is 5.75 Å². The minimum absolute atomic E-state index is 0.0700. The highest BCUT2D eigenvalue weighted by atomic mass is 35.5. The van der Waals surface area contributed by atoms with Crippen LogP contribution in [0.2, 0.25) is 10.0 Å². The summed E-state index contributed by atoms with van der Waals surface area (Å²) in [5.41, 5.74) is 5.75. The van der Waals surface area contributed by atoms with Crippen molar-refractivity contribution in [1.82, 2.24) is 5.43 Å². The monoisotopic (exact) mass is 306 g/mol. The van der Waals surface area contributed by atoms with Gasteiger partial charge in [-0.3, -0.25) is 0 Å². The number of hydrazone groups is 1. The number of aromatic hydroxyl groups is 1. The van der Waals surface area contributed by atoms with Crippen LogP contribution < -0.4 is 5.43 Å². The summed E-state index contributed by atoms with van der Waals surface area (Å²) >= 11 is 11.9. The number of phenolic OH excluding ortho intramolecular Hbond substituents is 1. The molecule has 3 nitrogen and oxygen atoms in total. The molecule has 5 heteroatoms. The Morgan fingerprint density at radius 2 is 1.75 bits per heavy atom. The fraction of sp³-hybridized carbons (Fsp3) is 0.133. The predicted octanol–water partition coefficient (Wildman–Crippen LogP) is 4.14. The number of nitrogens with one attached hydrogen (secondary N) is 1. The summed E-state index contributed by atoms with van der Waals surface area (Å²) in [4.78, 5) is 0. The van der Waals surface area contributed by atoms with Gasteiger partial charge in [0.15, 0.2) is 0 Å². The van der Waals surface area contributed by atoms with Gasteiger partial charge in [0.25, 0.3) is 0 Å². The second-order valence-electron chi connectivity index (χ2n) is 4.65. The Morgan fingerprint density at radius 3 is 2.50 bits per heavy atom. The highest BCUT2D eigenvalue weighted by Gasteiger charge is 2.23. The van der Waals surface area contributed by atoms with E-state index in [4.69, 9.17) is 23.2 Å². The van der Waals surface area contributed by atoms with Crippen LogP contribution in [-0.4, -0.2) is 10.8 Å². The van der Waals surface area contributed by atoms with Crippen molar-refractivity contribution in [2.45, 2.75) is 12.5 Å². The normalized spacial score (nSPS) is 17.7. The third-order valence-electron chi connectivity index (χ3n) is 3.30. The molecule has 0 radical (unpaired) electrons. The molecular weight excluding hydrogens is 295 g/mol. The van der Waals surface area contributed by atoms with E-state index in [1.807, 2.05) is 24.3 Å². The Bertz CT molecular complexity index is 668. The molecule has 3 rings (SSSR count). The molecule has 2 aromatic rings. The molecule has 2 N–H and O–H groups in total. The van der Waals surface area contributed by atoms with Gasteiger partial charge in [0.2, 0.25) is 0 Å². The molecule has 1 aliphatic rings. The minimum Gasteiger partial charge on any atom is -0.508 e. The maximum atomic E-state index is 9.92. The average molecular weight is 307 g/mol. The van der Waals surface area contributed by atoms with Gasteiger partial charge < -0.3 is 10.5 Å². The topological polar surface area (TPSA) is 44.6 Å². The Morgan fingerprint density at radius 1 is 1.05 bits per heavy atom. The van der Waals surface area contributed by atoms with Crippen LogP contribution in [0.5, 0.6) is 5.75 Å². The lowest BCUT2D eigenvalue weighted by atomic mass is 9.98. The maximum absolute atomic E-state index is 9.92. The summed E-state index contributed by atoms with van der Waals surface area (Å²) in [5.74, 6) is 0.222. The van der Waals surface area contributed by atoms with Crippen LogP contribution in [0.15, 0.2) is 47.6 Å². The molecule has 20 heavy (non-hydrogen) atoms. The van der Waals surface area contributed by atoms with Crippen LogP contribution in [0.4, 0.5) is 0 Å². The van der Waals surface area contributed by atoms with E-state index in [1.54, 1.807) is 18.2 Å². The van der Waals surface area contributed by atoms with Crippen molar-refractivity contribution in [3.05, 3.63) is 63.6 Å². The van der Waals surface area contributed by atoms with Gasteiger partial charge in [0, 0.05) is 22.0 Å². The fourth-order valence-electron chi connectivity index (χ4n) is 2.25. The summed E-state index contributed by atoms with van der Waals surface area (Å²) in [6, 6.07) is 12.5. The van der Waals surface area contributed by atoms with Crippen molar-refractivity contribution in [1.29, 1.82) is 0 Å². The highest BCUT2D eigenvalue weighted by molar-refractivity contribution is 6.31. The third kappa shape index (κ3) is 2.60. The molecule has 2 aromatic carbocycles. The van der Waals surface area contributed by atoms with E-state index in [0.29, 0.717) is 16.5 Å². The molecule has 1 heterocycles. The zero-order valence-electron chi connectivity index (χ0n) is 10.5. The second kappa shape index (κ2) is 5.35. The quantitative estimate of drug-likeness (QED) is 0.876. The van der Waals surface area contributed by atoms with E-state index in [0.717, 1.165) is 16.8 Å². The summed E-state index contributed by atoms with van der Waals surface area (Å²) in [7, 11) is 0. The van der Waals surface area contributed by atoms with Crippen LogP contribution in [0, 0.1) is 0 Å². The number of nitrogens with zero attached hydrogens (tertiary/aromatic N) is 1. The zero-order valence-corrected chi connectivity index (χ0v) is 12.0. The SMILES string of the molecule is Oc1ccc(Cl)cc1[C@H]1CC(c2ccc(Cl)cc2)=NN1. The standard InChI is InChI=1S/C15H12Cl2N2O/c16-10-3-1-9(2-4-10)13-8-14(19-18-13)12-7-11(17)5-6-15(12)20/h1-7,14,19-20H,8H2/t14-/m1/s1. The number of rotatable bonds is 2. The molecule has 0 amide bonds. The molecule has 0 aliphatic carbocycles. The molecule has 0 bridgehead atoms. The first-order valence-corrected chi connectivity index (χ1v) is 6.95. The molecule has 0 aromatic heterocycles. The maximum Gasteiger partial charge on any atom is 0.121 e. The number of halogens is 2. The van der Waals surface area contributed by atoms with Crippen LogP contribution in [-0.2, 0) is 0 Å². The molecule has 1 aliphatic heterocycles. The predicted molar refractivity (Wildman–Crippen MR) is 81.6 cm³/mol. The van der Waals surface area contributed by atoms with E-state index in [1.165, 1.54) is 0 Å². The molecule has 0 saturated heterocycles. The van der Waals surface area contributed by atoms with Crippen LogP contribution in [0.1, 0.15) is 23.6 Å². The summed E-state index contributed by atoms with van der Waals surface area (Å²) in [5, 5.41) is 15.6. The van der Waals surface area contributed by atoms with Crippen LogP contribution in [0.3, 0.4) is 0 Å². The lowest BCUT2D eigenvalue weighted by molar-refractivity contribution is 0.455. The molecule has 102 valence electrons. The van der Waals surface area contributed by atoms with Gasteiger partial charge in [0.05, 0.1) is 11.8 Å². The zero-order chi connectivity index (χ0) is 14.1. The van der Waals surface area contributed by atoms with Gasteiger partial charge in [-0.2, -0.15) is 5.10 Å². The number of benzene rings is 2. The summed E-state index contributed by atoms with van der Waals surface area (Å²) < 4.78 is 0. The summed E-state index contributed by atoms with van der Waals surface area (Å²) in [6.07, 6.45) is 0.690. The highest BCUT2D eigenvalue weighted by Crippen LogP contribution is 2.32. The van der Waals surface area contributed by atoms with E-state index in [2.05, 4.69) is 10.5 Å². The molecule has 0 spiro atoms. The Labute approximate surface area is 126 Å². The van der Waals surface area contributed by atoms with Crippen molar-refractivity contribution in [2.75, 3.05) is 0 Å². The van der Waals surface area contributed by atoms with Gasteiger partial charge >= 0.3 is 0 Å². The second-order valence-corrected chi connectivity index (χ2v) is 5.53. The largest absolute Gasteiger partial charge is 0.508 e. The Kier molecular flexibility index (Phi) is 3.55. The first-order chi connectivity index (χ1) is 9.63. The molecule has 0 saturated carbocycles. The van der Waals surface area contributed by atoms with Crippen molar-refractivity contribution in [2.24, 2.45) is 5.10 Å². The van der Waals surface area contributed by atoms with Crippen molar-refractivity contribution >= 4 is 28.9 Å². The van der Waals surface area contributed by atoms with E-state index >= 15 is 0 Å². The average Bonchev–Trinajstić information content (AvgIpc) is 2.92. The third-order valence-corrected chi connectivity index (χ3v) is 3.78. The lowest BCUT2D eigenvalue weighted by Crippen LogP contribution is -2.10. The van der Waals surface area contributed by atoms with Gasteiger partial charge in [-0.1, -0.05) is 35.3 Å². The lowest BCUT2D eigenvalue weighted by Gasteiger charge is -2.12. The van der Waals surface area contributed by atoms with E-state index in [9.17, 15) is 5.11 Å². The minimum atomic E-state index is -0.0700. The van der Waals surface area contributed by atoms with Gasteiger partial charge in [-0.15, -0.1) is 0 Å². The molecule has 1 atom stereocenters. The molecule has 0 fully saturated rings. The van der Waals surface area contributed by atoms with Gasteiger partial charge in [-0.05, 0) is 35.9 Å². The number of phenols is 1. The first kappa shape index (κ1) is 13.3. The van der Waals surface area contributed by atoms with Gasteiger partial charge in [-0.25, -0.2) is 0 Å². The van der Waals surface area contributed by atoms with E-state index in [-0.39, 0.29) is 11.8 Å². The first-order valence-electron chi connectivity index (χ1n) is 6.20. The van der Waals surface area contributed by atoms with Crippen LogP contribution in [0.25, 0.3) is 0 Å². The summed E-state index contributed by atoms with van der Waals surface area (Å²) in [6.45, 7) is 0. The van der Waals surface area contributed by atoms with Crippen LogP contribution >= 0.6 is 23.2 Å². The van der Waals surface area contributed by atoms with Crippen molar-refractivity contribution in [3.63, 3.8) is 0 Å². The van der Waals surface area contributed by atoms with E-state index < -0.39 is 0 Å². The Hall–Kier alpha value is -1.71. The molecular formula is C15H12Cl2N2O. The smallest absolute Gasteiger partial charge is 0.121 e. The Balaban J connectivity index is 1.82. The number of hydrogen-bond donors (Lipinski definition) is 2. The fourth-order valence-corrected chi connectivity index (χ4v) is 2.56. The number of hydrogen-bond acceptors (Lipinski definition) is 3. The molecule has 0 unspecified atom stereocenters. The van der Waals surface area contributed by atoms with Crippen molar-refractivity contribution < 1.29 is 5.11 Å².